The molecule has 0 saturated heterocycles. The Morgan fingerprint density at radius 2 is 2.00 bits per heavy atom. The standard InChI is InChI=1S/C20H19ClN2O2S/c1-12-8-18-16(10-17(12)21)15(9-19(24)25-18)11-26-20(22)23-13(2)14-6-4-3-5-7-14/h3-10,13H,11H2,1-2H3,(H2,22,23)/t13-/m1/s1. The van der Waals surface area contributed by atoms with Crippen molar-refractivity contribution in [2.24, 2.45) is 10.7 Å². The molecule has 0 bridgehead atoms. The maximum absolute atomic E-state index is 11.8. The van der Waals surface area contributed by atoms with Gasteiger partial charge in [0.2, 0.25) is 0 Å². The molecule has 1 atom stereocenters. The van der Waals surface area contributed by atoms with Crippen LogP contribution in [0.25, 0.3) is 11.0 Å². The molecule has 0 aliphatic heterocycles. The fourth-order valence-electron chi connectivity index (χ4n) is 2.65. The molecule has 0 unspecified atom stereocenters. The summed E-state index contributed by atoms with van der Waals surface area (Å²) in [5.41, 5.74) is 9.02. The summed E-state index contributed by atoms with van der Waals surface area (Å²) in [6, 6.07) is 15.0. The van der Waals surface area contributed by atoms with Crippen LogP contribution in [-0.2, 0) is 5.75 Å². The quantitative estimate of drug-likeness (QED) is 0.386. The van der Waals surface area contributed by atoms with Gasteiger partial charge in [-0.1, -0.05) is 53.7 Å². The molecule has 134 valence electrons. The number of benzene rings is 2. The van der Waals surface area contributed by atoms with Crippen molar-refractivity contribution in [3.63, 3.8) is 0 Å². The number of nitrogens with two attached hydrogens (primary N) is 1. The smallest absolute Gasteiger partial charge is 0.336 e. The van der Waals surface area contributed by atoms with Crippen LogP contribution in [-0.4, -0.2) is 5.17 Å². The number of fused-ring (bicyclic) bond motifs is 1. The Labute approximate surface area is 161 Å². The zero-order chi connectivity index (χ0) is 18.7. The summed E-state index contributed by atoms with van der Waals surface area (Å²) in [7, 11) is 0. The van der Waals surface area contributed by atoms with Gasteiger partial charge in [-0.2, -0.15) is 0 Å². The molecule has 3 aromatic rings. The summed E-state index contributed by atoms with van der Waals surface area (Å²) >= 11 is 7.61. The topological polar surface area (TPSA) is 68.6 Å². The number of amidine groups is 1. The molecule has 0 aliphatic rings. The highest BCUT2D eigenvalue weighted by Gasteiger charge is 2.10. The molecule has 4 nitrogen and oxygen atoms in total. The summed E-state index contributed by atoms with van der Waals surface area (Å²) in [6.07, 6.45) is 0. The monoisotopic (exact) mass is 386 g/mol. The average Bonchev–Trinajstić information content (AvgIpc) is 2.62. The molecule has 1 aromatic heterocycles. The van der Waals surface area contributed by atoms with Crippen molar-refractivity contribution in [2.45, 2.75) is 25.6 Å². The third kappa shape index (κ3) is 4.29. The van der Waals surface area contributed by atoms with Gasteiger partial charge in [0, 0.05) is 22.2 Å². The Bertz CT molecular complexity index is 1020. The molecule has 3 rings (SSSR count). The van der Waals surface area contributed by atoms with E-state index in [1.807, 2.05) is 50.2 Å². The zero-order valence-electron chi connectivity index (χ0n) is 14.5. The van der Waals surface area contributed by atoms with E-state index in [1.165, 1.54) is 17.8 Å². The van der Waals surface area contributed by atoms with Gasteiger partial charge in [0.05, 0.1) is 6.04 Å². The first kappa shape index (κ1) is 18.5. The van der Waals surface area contributed by atoms with Gasteiger partial charge in [0.1, 0.15) is 5.58 Å². The fraction of sp³-hybridized carbons (Fsp3) is 0.200. The van der Waals surface area contributed by atoms with Gasteiger partial charge in [0.25, 0.3) is 0 Å². The van der Waals surface area contributed by atoms with Crippen molar-refractivity contribution in [1.29, 1.82) is 0 Å². The summed E-state index contributed by atoms with van der Waals surface area (Å²) in [4.78, 5) is 16.4. The average molecular weight is 387 g/mol. The first-order chi connectivity index (χ1) is 12.4. The Morgan fingerprint density at radius 1 is 1.27 bits per heavy atom. The van der Waals surface area contributed by atoms with Crippen LogP contribution in [0.2, 0.25) is 5.02 Å². The normalized spacial score (nSPS) is 13.1. The summed E-state index contributed by atoms with van der Waals surface area (Å²) < 4.78 is 5.28. The Morgan fingerprint density at radius 3 is 2.73 bits per heavy atom. The zero-order valence-corrected chi connectivity index (χ0v) is 16.1. The first-order valence-electron chi connectivity index (χ1n) is 8.18. The molecule has 2 aromatic carbocycles. The molecule has 0 saturated carbocycles. The highest BCUT2D eigenvalue weighted by Crippen LogP contribution is 2.27. The number of hydrogen-bond donors (Lipinski definition) is 1. The second kappa shape index (κ2) is 7.98. The number of halogens is 1. The van der Waals surface area contributed by atoms with E-state index in [0.717, 1.165) is 22.1 Å². The van der Waals surface area contributed by atoms with Gasteiger partial charge in [0.15, 0.2) is 5.17 Å². The fourth-order valence-corrected chi connectivity index (χ4v) is 3.59. The van der Waals surface area contributed by atoms with Crippen molar-refractivity contribution in [3.8, 4) is 0 Å². The van der Waals surface area contributed by atoms with E-state index < -0.39 is 0 Å². The molecule has 0 aliphatic carbocycles. The SMILES string of the molecule is Cc1cc2oc(=O)cc(CSC(N)=N[C@H](C)c3ccccc3)c2cc1Cl. The minimum absolute atomic E-state index is 0.0293. The number of nitrogens with zero attached hydrogens (tertiary/aromatic N) is 1. The lowest BCUT2D eigenvalue weighted by Crippen LogP contribution is -2.09. The van der Waals surface area contributed by atoms with Crippen molar-refractivity contribution in [2.75, 3.05) is 0 Å². The molecule has 0 radical (unpaired) electrons. The van der Waals surface area contributed by atoms with E-state index >= 15 is 0 Å². The molecule has 6 heteroatoms. The highest BCUT2D eigenvalue weighted by atomic mass is 35.5. The van der Waals surface area contributed by atoms with Crippen LogP contribution < -0.4 is 11.4 Å². The maximum Gasteiger partial charge on any atom is 0.336 e. The lowest BCUT2D eigenvalue weighted by atomic mass is 10.1. The van der Waals surface area contributed by atoms with Gasteiger partial charge >= 0.3 is 5.63 Å². The number of aliphatic imine (C=N–C) groups is 1. The van der Waals surface area contributed by atoms with Crippen LogP contribution in [0.15, 0.2) is 62.7 Å². The second-order valence-corrected chi connectivity index (χ2v) is 7.43. The molecular weight excluding hydrogens is 368 g/mol. The van der Waals surface area contributed by atoms with E-state index in [0.29, 0.717) is 21.5 Å². The predicted octanol–water partition coefficient (Wildman–Crippen LogP) is 5.06. The van der Waals surface area contributed by atoms with Crippen molar-refractivity contribution in [1.82, 2.24) is 0 Å². The van der Waals surface area contributed by atoms with Crippen LogP contribution in [0.5, 0.6) is 0 Å². The van der Waals surface area contributed by atoms with Crippen LogP contribution in [0.1, 0.15) is 29.7 Å². The van der Waals surface area contributed by atoms with Gasteiger partial charge in [-0.15, -0.1) is 0 Å². The largest absolute Gasteiger partial charge is 0.423 e. The molecule has 0 amide bonds. The molecule has 26 heavy (non-hydrogen) atoms. The summed E-state index contributed by atoms with van der Waals surface area (Å²) in [5, 5.41) is 1.93. The van der Waals surface area contributed by atoms with Crippen molar-refractivity contribution < 1.29 is 4.42 Å². The van der Waals surface area contributed by atoms with Crippen LogP contribution in [0.3, 0.4) is 0 Å². The minimum atomic E-state index is -0.386. The number of thioether (sulfide) groups is 1. The van der Waals surface area contributed by atoms with Gasteiger partial charge < -0.3 is 10.2 Å². The maximum atomic E-state index is 11.8. The van der Waals surface area contributed by atoms with Crippen LogP contribution in [0.4, 0.5) is 0 Å². The highest BCUT2D eigenvalue weighted by molar-refractivity contribution is 8.13. The number of rotatable bonds is 4. The summed E-state index contributed by atoms with van der Waals surface area (Å²) in [6.45, 7) is 3.87. The van der Waals surface area contributed by atoms with Gasteiger partial charge in [-0.25, -0.2) is 4.79 Å². The summed E-state index contributed by atoms with van der Waals surface area (Å²) in [5.74, 6) is 0.512. The molecule has 0 fully saturated rings. The van der Waals surface area contributed by atoms with E-state index in [4.69, 9.17) is 21.8 Å². The van der Waals surface area contributed by atoms with E-state index in [9.17, 15) is 4.79 Å². The van der Waals surface area contributed by atoms with Crippen molar-refractivity contribution in [3.05, 3.63) is 80.7 Å². The lowest BCUT2D eigenvalue weighted by molar-refractivity contribution is 0.559. The van der Waals surface area contributed by atoms with E-state index in [2.05, 4.69) is 4.99 Å². The van der Waals surface area contributed by atoms with Gasteiger partial charge in [-0.3, -0.25) is 4.99 Å². The number of aryl methyl sites for hydroxylation is 1. The third-order valence-corrected chi connectivity index (χ3v) is 5.35. The third-order valence-electron chi connectivity index (χ3n) is 4.09. The Kier molecular flexibility index (Phi) is 5.69. The number of hydrogen-bond acceptors (Lipinski definition) is 4. The van der Waals surface area contributed by atoms with Gasteiger partial charge in [-0.05, 0) is 42.7 Å². The predicted molar refractivity (Wildman–Crippen MR) is 110 cm³/mol. The molecule has 2 N–H and O–H groups in total. The Hall–Kier alpha value is -2.24. The van der Waals surface area contributed by atoms with Crippen molar-refractivity contribution >= 4 is 39.5 Å². The Balaban J connectivity index is 1.82. The van der Waals surface area contributed by atoms with E-state index in [1.54, 1.807) is 6.07 Å². The lowest BCUT2D eigenvalue weighted by Gasteiger charge is -2.10. The van der Waals surface area contributed by atoms with E-state index in [-0.39, 0.29) is 11.7 Å². The van der Waals surface area contributed by atoms with Crippen LogP contribution >= 0.6 is 23.4 Å². The molecular formula is C20H19ClN2O2S. The first-order valence-corrected chi connectivity index (χ1v) is 9.54. The molecule has 0 spiro atoms. The minimum Gasteiger partial charge on any atom is -0.423 e. The second-order valence-electron chi connectivity index (χ2n) is 6.03. The van der Waals surface area contributed by atoms with Crippen LogP contribution in [0, 0.1) is 6.92 Å². The molecule has 1 heterocycles.